The van der Waals surface area contributed by atoms with Gasteiger partial charge in [0.05, 0.1) is 0 Å². The van der Waals surface area contributed by atoms with Crippen molar-refractivity contribution in [3.63, 3.8) is 0 Å². The topological polar surface area (TPSA) is 35.5 Å². The molecule has 0 radical (unpaired) electrons. The number of hydrogen-bond acceptors (Lipinski definition) is 4. The Balaban J connectivity index is 2.28. The lowest BCUT2D eigenvalue weighted by Crippen LogP contribution is -2.09. The maximum atomic E-state index is 10.8. The number of ether oxygens (including phenoxy) is 2. The molecule has 0 saturated heterocycles. The van der Waals surface area contributed by atoms with Gasteiger partial charge in [0, 0.05) is 17.4 Å². The third-order valence-electron chi connectivity index (χ3n) is 2.04. The van der Waals surface area contributed by atoms with Crippen molar-refractivity contribution in [3.05, 3.63) is 23.8 Å². The SMILES string of the molecule is CC(=O)OC1COc2ccc(S)cc21. The first-order valence-corrected chi connectivity index (χ1v) is 4.74. The van der Waals surface area contributed by atoms with E-state index >= 15 is 0 Å². The highest BCUT2D eigenvalue weighted by Gasteiger charge is 2.26. The van der Waals surface area contributed by atoms with E-state index in [0.717, 1.165) is 16.2 Å². The van der Waals surface area contributed by atoms with Gasteiger partial charge in [0.1, 0.15) is 12.4 Å². The normalized spacial score (nSPS) is 18.6. The van der Waals surface area contributed by atoms with Crippen LogP contribution >= 0.6 is 12.6 Å². The number of carbonyl (C=O) groups is 1. The molecule has 0 aromatic heterocycles. The number of rotatable bonds is 1. The van der Waals surface area contributed by atoms with Gasteiger partial charge in [-0.2, -0.15) is 0 Å². The van der Waals surface area contributed by atoms with E-state index in [1.807, 2.05) is 18.2 Å². The average Bonchev–Trinajstić information content (AvgIpc) is 2.47. The van der Waals surface area contributed by atoms with Gasteiger partial charge in [-0.15, -0.1) is 12.6 Å². The van der Waals surface area contributed by atoms with Crippen LogP contribution in [-0.2, 0) is 9.53 Å². The van der Waals surface area contributed by atoms with Crippen LogP contribution in [0.5, 0.6) is 5.75 Å². The molecule has 0 fully saturated rings. The molecule has 0 N–H and O–H groups in total. The standard InChI is InChI=1S/C10H10O3S/c1-6(11)13-10-5-12-9-3-2-7(14)4-8(9)10/h2-4,10,14H,5H2,1H3. The van der Waals surface area contributed by atoms with Crippen LogP contribution in [0.4, 0.5) is 0 Å². The second-order valence-corrected chi connectivity index (χ2v) is 3.65. The van der Waals surface area contributed by atoms with E-state index in [0.29, 0.717) is 6.61 Å². The Bertz CT molecular complexity index is 376. The minimum absolute atomic E-state index is 0.283. The van der Waals surface area contributed by atoms with Gasteiger partial charge in [-0.3, -0.25) is 4.79 Å². The second kappa shape index (κ2) is 3.53. The lowest BCUT2D eigenvalue weighted by Gasteiger charge is -2.08. The number of carbonyl (C=O) groups excluding carboxylic acids is 1. The van der Waals surface area contributed by atoms with Gasteiger partial charge >= 0.3 is 5.97 Å². The maximum Gasteiger partial charge on any atom is 0.303 e. The molecule has 0 bridgehead atoms. The molecule has 1 aromatic carbocycles. The molecule has 1 aliphatic rings. The van der Waals surface area contributed by atoms with Gasteiger partial charge in [-0.05, 0) is 18.2 Å². The smallest absolute Gasteiger partial charge is 0.303 e. The van der Waals surface area contributed by atoms with Gasteiger partial charge in [0.25, 0.3) is 0 Å². The van der Waals surface area contributed by atoms with E-state index in [4.69, 9.17) is 9.47 Å². The average molecular weight is 210 g/mol. The van der Waals surface area contributed by atoms with Crippen molar-refractivity contribution in [2.75, 3.05) is 6.61 Å². The molecule has 1 atom stereocenters. The number of thiol groups is 1. The summed E-state index contributed by atoms with van der Waals surface area (Å²) in [6.45, 7) is 1.79. The first-order valence-electron chi connectivity index (χ1n) is 4.30. The number of hydrogen-bond donors (Lipinski definition) is 1. The van der Waals surface area contributed by atoms with E-state index in [9.17, 15) is 4.79 Å². The van der Waals surface area contributed by atoms with Crippen molar-refractivity contribution in [3.8, 4) is 5.75 Å². The lowest BCUT2D eigenvalue weighted by molar-refractivity contribution is -0.147. The summed E-state index contributed by atoms with van der Waals surface area (Å²) in [5, 5.41) is 0. The Hall–Kier alpha value is -1.16. The van der Waals surface area contributed by atoms with Gasteiger partial charge in [-0.1, -0.05) is 0 Å². The highest BCUT2D eigenvalue weighted by atomic mass is 32.1. The van der Waals surface area contributed by atoms with E-state index in [-0.39, 0.29) is 12.1 Å². The zero-order chi connectivity index (χ0) is 10.1. The van der Waals surface area contributed by atoms with Crippen LogP contribution in [0.3, 0.4) is 0 Å². The molecule has 1 unspecified atom stereocenters. The highest BCUT2D eigenvalue weighted by Crippen LogP contribution is 2.35. The molecular weight excluding hydrogens is 200 g/mol. The molecule has 0 aliphatic carbocycles. The minimum Gasteiger partial charge on any atom is -0.489 e. The fraction of sp³-hybridized carbons (Fsp3) is 0.300. The molecule has 1 aromatic rings. The van der Waals surface area contributed by atoms with Crippen molar-refractivity contribution in [1.29, 1.82) is 0 Å². The summed E-state index contributed by atoms with van der Waals surface area (Å²) >= 11 is 4.22. The Morgan fingerprint density at radius 1 is 1.64 bits per heavy atom. The van der Waals surface area contributed by atoms with Gasteiger partial charge in [0.2, 0.25) is 0 Å². The Labute approximate surface area is 87.4 Å². The zero-order valence-corrected chi connectivity index (χ0v) is 8.58. The number of benzene rings is 1. The Morgan fingerprint density at radius 2 is 2.43 bits per heavy atom. The quantitative estimate of drug-likeness (QED) is 0.568. The molecule has 14 heavy (non-hydrogen) atoms. The van der Waals surface area contributed by atoms with Crippen molar-refractivity contribution in [1.82, 2.24) is 0 Å². The predicted molar refractivity (Wildman–Crippen MR) is 53.7 cm³/mol. The van der Waals surface area contributed by atoms with Gasteiger partial charge < -0.3 is 9.47 Å². The fourth-order valence-corrected chi connectivity index (χ4v) is 1.69. The van der Waals surface area contributed by atoms with Crippen molar-refractivity contribution in [2.24, 2.45) is 0 Å². The van der Waals surface area contributed by atoms with E-state index in [1.54, 1.807) is 0 Å². The van der Waals surface area contributed by atoms with Crippen LogP contribution in [0, 0.1) is 0 Å². The van der Waals surface area contributed by atoms with Crippen LogP contribution in [0.1, 0.15) is 18.6 Å². The second-order valence-electron chi connectivity index (χ2n) is 3.13. The molecular formula is C10H10O3S. The molecule has 0 amide bonds. The molecule has 3 nitrogen and oxygen atoms in total. The Morgan fingerprint density at radius 3 is 3.14 bits per heavy atom. The van der Waals surface area contributed by atoms with Crippen LogP contribution in [-0.4, -0.2) is 12.6 Å². The third-order valence-corrected chi connectivity index (χ3v) is 2.32. The zero-order valence-electron chi connectivity index (χ0n) is 7.69. The summed E-state index contributed by atoms with van der Waals surface area (Å²) in [5.41, 5.74) is 0.896. The largest absolute Gasteiger partial charge is 0.489 e. The van der Waals surface area contributed by atoms with E-state index in [1.165, 1.54) is 6.92 Å². The van der Waals surface area contributed by atoms with Crippen LogP contribution < -0.4 is 4.74 Å². The molecule has 2 rings (SSSR count). The monoisotopic (exact) mass is 210 g/mol. The van der Waals surface area contributed by atoms with Crippen molar-refractivity contribution < 1.29 is 14.3 Å². The van der Waals surface area contributed by atoms with Crippen LogP contribution in [0.15, 0.2) is 23.1 Å². The molecule has 1 heterocycles. The van der Waals surface area contributed by atoms with Crippen molar-refractivity contribution in [2.45, 2.75) is 17.9 Å². The van der Waals surface area contributed by atoms with Gasteiger partial charge in [0.15, 0.2) is 6.10 Å². The van der Waals surface area contributed by atoms with E-state index < -0.39 is 0 Å². The third kappa shape index (κ3) is 1.70. The molecule has 0 saturated carbocycles. The summed E-state index contributed by atoms with van der Waals surface area (Å²) in [6, 6.07) is 5.54. The summed E-state index contributed by atoms with van der Waals surface area (Å²) in [6.07, 6.45) is -0.283. The van der Waals surface area contributed by atoms with Crippen LogP contribution in [0.25, 0.3) is 0 Å². The number of esters is 1. The first-order chi connectivity index (χ1) is 6.66. The maximum absolute atomic E-state index is 10.8. The minimum atomic E-state index is -0.295. The van der Waals surface area contributed by atoms with E-state index in [2.05, 4.69) is 12.6 Å². The number of fused-ring (bicyclic) bond motifs is 1. The first kappa shape index (κ1) is 9.40. The summed E-state index contributed by atoms with van der Waals surface area (Å²) in [4.78, 5) is 11.6. The van der Waals surface area contributed by atoms with Crippen LogP contribution in [0.2, 0.25) is 0 Å². The molecule has 74 valence electrons. The summed E-state index contributed by atoms with van der Waals surface area (Å²) < 4.78 is 10.5. The highest BCUT2D eigenvalue weighted by molar-refractivity contribution is 7.80. The van der Waals surface area contributed by atoms with Gasteiger partial charge in [-0.25, -0.2) is 0 Å². The molecule has 0 spiro atoms. The molecule has 1 aliphatic heterocycles. The summed E-state index contributed by atoms with van der Waals surface area (Å²) in [7, 11) is 0. The predicted octanol–water partition coefficient (Wildman–Crippen LogP) is 1.97. The molecule has 4 heteroatoms. The lowest BCUT2D eigenvalue weighted by atomic mass is 10.1. The Kier molecular flexibility index (Phi) is 2.37. The van der Waals surface area contributed by atoms with Crippen molar-refractivity contribution >= 4 is 18.6 Å². The summed E-state index contributed by atoms with van der Waals surface area (Å²) in [5.74, 6) is 0.477. The fourth-order valence-electron chi connectivity index (χ4n) is 1.47.